The molecule has 2 saturated heterocycles. The van der Waals surface area contributed by atoms with Gasteiger partial charge in [0.05, 0.1) is 0 Å². The van der Waals surface area contributed by atoms with Crippen LogP contribution in [0, 0.1) is 0 Å². The topological polar surface area (TPSA) is 53.6 Å². The molecular weight excluding hydrogens is 230 g/mol. The third-order valence-corrected chi connectivity index (χ3v) is 3.88. The van der Waals surface area contributed by atoms with Gasteiger partial charge in [0.25, 0.3) is 0 Å². The second kappa shape index (κ2) is 6.95. The highest BCUT2D eigenvalue weighted by atomic mass is 16.5. The predicted molar refractivity (Wildman–Crippen MR) is 70.6 cm³/mol. The van der Waals surface area contributed by atoms with E-state index in [1.165, 1.54) is 25.9 Å². The molecule has 2 N–H and O–H groups in total. The van der Waals surface area contributed by atoms with Crippen molar-refractivity contribution in [3.05, 3.63) is 0 Å². The van der Waals surface area contributed by atoms with Crippen molar-refractivity contribution in [2.75, 3.05) is 32.8 Å². The Morgan fingerprint density at radius 3 is 2.67 bits per heavy atom. The molecule has 0 spiro atoms. The number of ether oxygens (including phenoxy) is 1. The van der Waals surface area contributed by atoms with E-state index >= 15 is 0 Å². The quantitative estimate of drug-likeness (QED) is 0.786. The Hall–Kier alpha value is -0.810. The lowest BCUT2D eigenvalue weighted by Crippen LogP contribution is -2.48. The molecule has 2 aliphatic heterocycles. The minimum Gasteiger partial charge on any atom is -0.381 e. The molecule has 1 unspecified atom stereocenters. The van der Waals surface area contributed by atoms with Gasteiger partial charge in [-0.3, -0.25) is 4.90 Å². The Bertz CT molecular complexity index is 261. The van der Waals surface area contributed by atoms with Crippen LogP contribution in [0.4, 0.5) is 4.79 Å². The number of carbonyl (C=O) groups excluding carboxylic acids is 1. The largest absolute Gasteiger partial charge is 0.381 e. The molecule has 0 aromatic carbocycles. The predicted octanol–water partition coefficient (Wildman–Crippen LogP) is 0.949. The van der Waals surface area contributed by atoms with E-state index in [9.17, 15) is 4.79 Å². The summed E-state index contributed by atoms with van der Waals surface area (Å²) >= 11 is 0. The van der Waals surface area contributed by atoms with Crippen LogP contribution in [-0.2, 0) is 4.74 Å². The summed E-state index contributed by atoms with van der Waals surface area (Å²) in [5, 5.41) is 5.99. The number of hydrogen-bond acceptors (Lipinski definition) is 3. The molecule has 2 rings (SSSR count). The maximum atomic E-state index is 11.7. The first-order valence-electron chi connectivity index (χ1n) is 7.12. The molecule has 0 aromatic heterocycles. The van der Waals surface area contributed by atoms with Gasteiger partial charge in [0.2, 0.25) is 0 Å². The first kappa shape index (κ1) is 13.6. The second-order valence-electron chi connectivity index (χ2n) is 5.33. The molecule has 5 nitrogen and oxygen atoms in total. The average Bonchev–Trinajstić information content (AvgIpc) is 2.91. The number of hydrogen-bond donors (Lipinski definition) is 2. The Morgan fingerprint density at radius 2 is 2.00 bits per heavy atom. The molecule has 104 valence electrons. The van der Waals surface area contributed by atoms with Gasteiger partial charge in [-0.2, -0.15) is 0 Å². The average molecular weight is 255 g/mol. The summed E-state index contributed by atoms with van der Waals surface area (Å²) in [6.07, 6.45) is 4.43. The fourth-order valence-corrected chi connectivity index (χ4v) is 2.63. The lowest BCUT2D eigenvalue weighted by molar-refractivity contribution is 0.0800. The molecule has 0 aromatic rings. The maximum Gasteiger partial charge on any atom is 0.315 e. The van der Waals surface area contributed by atoms with E-state index in [1.54, 1.807) is 0 Å². The summed E-state index contributed by atoms with van der Waals surface area (Å²) in [7, 11) is 0. The van der Waals surface area contributed by atoms with E-state index in [0.29, 0.717) is 6.04 Å². The van der Waals surface area contributed by atoms with E-state index in [4.69, 9.17) is 4.74 Å². The van der Waals surface area contributed by atoms with E-state index < -0.39 is 0 Å². The Labute approximate surface area is 109 Å². The molecule has 18 heavy (non-hydrogen) atoms. The summed E-state index contributed by atoms with van der Waals surface area (Å²) in [5.41, 5.74) is 0. The summed E-state index contributed by atoms with van der Waals surface area (Å²) < 4.78 is 5.27. The minimum absolute atomic E-state index is 0.0343. The van der Waals surface area contributed by atoms with Crippen molar-refractivity contribution in [2.24, 2.45) is 0 Å². The number of urea groups is 1. The van der Waals surface area contributed by atoms with Crippen molar-refractivity contribution in [1.82, 2.24) is 15.5 Å². The van der Waals surface area contributed by atoms with Crippen LogP contribution in [0.1, 0.15) is 32.6 Å². The third-order valence-electron chi connectivity index (χ3n) is 3.88. The Balaban J connectivity index is 1.61. The van der Waals surface area contributed by atoms with E-state index in [0.717, 1.165) is 32.6 Å². The van der Waals surface area contributed by atoms with Crippen LogP contribution in [0.2, 0.25) is 0 Å². The van der Waals surface area contributed by atoms with Gasteiger partial charge < -0.3 is 15.4 Å². The Morgan fingerprint density at radius 1 is 1.33 bits per heavy atom. The number of nitrogens with one attached hydrogen (secondary N) is 2. The second-order valence-corrected chi connectivity index (χ2v) is 5.33. The highest BCUT2D eigenvalue weighted by molar-refractivity contribution is 5.74. The van der Waals surface area contributed by atoms with Gasteiger partial charge in [-0.25, -0.2) is 4.79 Å². The zero-order chi connectivity index (χ0) is 12.8. The molecule has 0 saturated carbocycles. The van der Waals surface area contributed by atoms with Gasteiger partial charge >= 0.3 is 6.03 Å². The molecule has 2 fully saturated rings. The van der Waals surface area contributed by atoms with E-state index in [1.807, 2.05) is 0 Å². The highest BCUT2D eigenvalue weighted by Crippen LogP contribution is 2.10. The first-order valence-corrected chi connectivity index (χ1v) is 7.12. The molecule has 1 atom stereocenters. The lowest BCUT2D eigenvalue weighted by Gasteiger charge is -2.26. The van der Waals surface area contributed by atoms with Crippen LogP contribution in [0.15, 0.2) is 0 Å². The zero-order valence-corrected chi connectivity index (χ0v) is 11.3. The van der Waals surface area contributed by atoms with Gasteiger partial charge in [-0.15, -0.1) is 0 Å². The molecule has 2 heterocycles. The fraction of sp³-hybridized carbons (Fsp3) is 0.923. The van der Waals surface area contributed by atoms with Crippen molar-refractivity contribution in [3.63, 3.8) is 0 Å². The van der Waals surface area contributed by atoms with Crippen molar-refractivity contribution in [1.29, 1.82) is 0 Å². The minimum atomic E-state index is -0.0343. The molecule has 0 aliphatic carbocycles. The fourth-order valence-electron chi connectivity index (χ4n) is 2.63. The van der Waals surface area contributed by atoms with Crippen LogP contribution < -0.4 is 10.6 Å². The smallest absolute Gasteiger partial charge is 0.315 e. The van der Waals surface area contributed by atoms with Gasteiger partial charge in [-0.05, 0) is 45.7 Å². The summed E-state index contributed by atoms with van der Waals surface area (Å²) in [5.74, 6) is 0. The van der Waals surface area contributed by atoms with Gasteiger partial charge in [-0.1, -0.05) is 0 Å². The van der Waals surface area contributed by atoms with Crippen molar-refractivity contribution < 1.29 is 9.53 Å². The van der Waals surface area contributed by atoms with Crippen molar-refractivity contribution in [3.8, 4) is 0 Å². The lowest BCUT2D eigenvalue weighted by atomic mass is 10.1. The van der Waals surface area contributed by atoms with Crippen LogP contribution in [0.25, 0.3) is 0 Å². The number of carbonyl (C=O) groups is 1. The van der Waals surface area contributed by atoms with Gasteiger partial charge in [0, 0.05) is 31.8 Å². The molecule has 0 radical (unpaired) electrons. The SMILES string of the molecule is CC(CNC(=O)NC1CCOCC1)N1CCCC1. The third kappa shape index (κ3) is 4.14. The molecule has 2 amide bonds. The van der Waals surface area contributed by atoms with Crippen molar-refractivity contribution >= 4 is 6.03 Å². The molecule has 5 heteroatoms. The number of rotatable bonds is 4. The van der Waals surface area contributed by atoms with Crippen molar-refractivity contribution in [2.45, 2.75) is 44.7 Å². The zero-order valence-electron chi connectivity index (χ0n) is 11.3. The van der Waals surface area contributed by atoms with Crippen LogP contribution in [-0.4, -0.2) is 55.9 Å². The molecule has 2 aliphatic rings. The van der Waals surface area contributed by atoms with Crippen LogP contribution in [0.3, 0.4) is 0 Å². The van der Waals surface area contributed by atoms with Gasteiger partial charge in [0.15, 0.2) is 0 Å². The van der Waals surface area contributed by atoms with Crippen LogP contribution in [0.5, 0.6) is 0 Å². The van der Waals surface area contributed by atoms with Crippen LogP contribution >= 0.6 is 0 Å². The maximum absolute atomic E-state index is 11.7. The summed E-state index contributed by atoms with van der Waals surface area (Å²) in [6, 6.07) is 0.682. The normalized spacial score (nSPS) is 23.8. The summed E-state index contributed by atoms with van der Waals surface area (Å²) in [6.45, 7) is 6.77. The first-order chi connectivity index (χ1) is 8.75. The summed E-state index contributed by atoms with van der Waals surface area (Å²) in [4.78, 5) is 14.2. The van der Waals surface area contributed by atoms with Gasteiger partial charge in [0.1, 0.15) is 0 Å². The standard InChI is InChI=1S/C13H25N3O2/c1-11(16-6-2-3-7-16)10-14-13(17)15-12-4-8-18-9-5-12/h11-12H,2-10H2,1H3,(H2,14,15,17). The van der Waals surface area contributed by atoms with E-state index in [-0.39, 0.29) is 12.1 Å². The number of likely N-dealkylation sites (tertiary alicyclic amines) is 1. The van der Waals surface area contributed by atoms with E-state index in [2.05, 4.69) is 22.5 Å². The molecule has 0 bridgehead atoms. The number of nitrogens with zero attached hydrogens (tertiary/aromatic N) is 1. The number of amides is 2. The molecular formula is C13H25N3O2. The Kier molecular flexibility index (Phi) is 5.26. The highest BCUT2D eigenvalue weighted by Gasteiger charge is 2.19. The monoisotopic (exact) mass is 255 g/mol.